The van der Waals surface area contributed by atoms with Gasteiger partial charge in [0, 0.05) is 32.8 Å². The summed E-state index contributed by atoms with van der Waals surface area (Å²) in [5.74, 6) is -0.226. The third kappa shape index (κ3) is 7.38. The molecule has 1 aromatic carbocycles. The minimum Gasteiger partial charge on any atom is -0.464 e. The number of aromatic nitrogens is 1. The zero-order valence-corrected chi connectivity index (χ0v) is 23.6. The molecule has 0 amide bonds. The number of halogens is 1. The van der Waals surface area contributed by atoms with Gasteiger partial charge in [-0.1, -0.05) is 51.4 Å². The minimum atomic E-state index is -3.19. The highest BCUT2D eigenvalue weighted by molar-refractivity contribution is 7.90. The fourth-order valence-electron chi connectivity index (χ4n) is 3.73. The lowest BCUT2D eigenvalue weighted by molar-refractivity contribution is -0.146. The van der Waals surface area contributed by atoms with Crippen LogP contribution in [-0.2, 0) is 30.5 Å². The van der Waals surface area contributed by atoms with Crippen molar-refractivity contribution in [2.24, 2.45) is 11.7 Å². The standard InChI is InChI=1S/C27H33ClN2O4S2/c1-17(2)14-36(32,33)15-19-6-7-22(23(28)10-19)24-11-21(13-35-24)20-8-9-30-25(12-20)27(4,5)16-34-26(31)18(3)29/h6-13,17-18H,14-16,29H2,1-5H3/t18-/m0/s1. The number of hydrogen-bond acceptors (Lipinski definition) is 7. The molecule has 3 rings (SSSR count). The average molecular weight is 549 g/mol. The number of ether oxygens (including phenoxy) is 1. The molecule has 2 N–H and O–H groups in total. The number of pyridine rings is 1. The number of nitrogens with zero attached hydrogens (tertiary/aromatic N) is 1. The Kier molecular flexibility index (Phi) is 8.98. The largest absolute Gasteiger partial charge is 0.464 e. The fourth-order valence-corrected chi connectivity index (χ4v) is 6.87. The van der Waals surface area contributed by atoms with Gasteiger partial charge in [0.1, 0.15) is 12.6 Å². The molecule has 0 unspecified atom stereocenters. The van der Waals surface area contributed by atoms with E-state index in [1.54, 1.807) is 30.5 Å². The Morgan fingerprint density at radius 2 is 1.86 bits per heavy atom. The zero-order valence-electron chi connectivity index (χ0n) is 21.2. The number of esters is 1. The molecule has 0 fully saturated rings. The summed E-state index contributed by atoms with van der Waals surface area (Å²) in [7, 11) is -3.19. The molecule has 9 heteroatoms. The number of sulfone groups is 1. The zero-order chi connectivity index (χ0) is 26.7. The summed E-state index contributed by atoms with van der Waals surface area (Å²) >= 11 is 8.14. The number of hydrogen-bond donors (Lipinski definition) is 1. The molecule has 0 radical (unpaired) electrons. The number of thiophene rings is 1. The smallest absolute Gasteiger partial charge is 0.322 e. The lowest BCUT2D eigenvalue weighted by atomic mass is 9.88. The summed E-state index contributed by atoms with van der Waals surface area (Å²) in [5.41, 5.74) is 9.45. The van der Waals surface area contributed by atoms with E-state index >= 15 is 0 Å². The lowest BCUT2D eigenvalue weighted by Gasteiger charge is -2.24. The second kappa shape index (κ2) is 11.4. The maximum Gasteiger partial charge on any atom is 0.322 e. The van der Waals surface area contributed by atoms with Crippen molar-refractivity contribution in [1.29, 1.82) is 0 Å². The van der Waals surface area contributed by atoms with E-state index in [0.29, 0.717) is 10.6 Å². The summed E-state index contributed by atoms with van der Waals surface area (Å²) < 4.78 is 30.1. The first-order valence-corrected chi connectivity index (χ1v) is 14.8. The third-order valence-corrected chi connectivity index (χ3v) is 8.83. The summed E-state index contributed by atoms with van der Waals surface area (Å²) in [5, 5.41) is 2.57. The van der Waals surface area contributed by atoms with Gasteiger partial charge in [-0.3, -0.25) is 9.78 Å². The van der Waals surface area contributed by atoms with Crippen LogP contribution in [0.3, 0.4) is 0 Å². The number of carbonyl (C=O) groups excluding carboxylic acids is 1. The Morgan fingerprint density at radius 3 is 2.50 bits per heavy atom. The maximum absolute atomic E-state index is 12.4. The van der Waals surface area contributed by atoms with Crippen LogP contribution in [0.1, 0.15) is 45.9 Å². The van der Waals surface area contributed by atoms with Crippen molar-refractivity contribution >= 4 is 38.7 Å². The van der Waals surface area contributed by atoms with Gasteiger partial charge in [-0.25, -0.2) is 8.42 Å². The van der Waals surface area contributed by atoms with Crippen LogP contribution in [0.4, 0.5) is 0 Å². The highest BCUT2D eigenvalue weighted by Crippen LogP contribution is 2.37. The van der Waals surface area contributed by atoms with Gasteiger partial charge in [-0.15, -0.1) is 11.3 Å². The predicted molar refractivity (Wildman–Crippen MR) is 148 cm³/mol. The summed E-state index contributed by atoms with van der Waals surface area (Å²) in [6.07, 6.45) is 1.75. The second-order valence-electron chi connectivity index (χ2n) is 10.2. The first-order chi connectivity index (χ1) is 16.8. The Bertz CT molecular complexity index is 1330. The van der Waals surface area contributed by atoms with E-state index in [9.17, 15) is 13.2 Å². The molecular weight excluding hydrogens is 516 g/mol. The molecule has 0 saturated carbocycles. The van der Waals surface area contributed by atoms with E-state index in [1.165, 1.54) is 0 Å². The number of nitrogens with two attached hydrogens (primary N) is 1. The summed E-state index contributed by atoms with van der Waals surface area (Å²) in [6, 6.07) is 10.8. The molecule has 6 nitrogen and oxygen atoms in total. The molecule has 0 saturated heterocycles. The van der Waals surface area contributed by atoms with Crippen molar-refractivity contribution < 1.29 is 17.9 Å². The second-order valence-corrected chi connectivity index (χ2v) is 13.6. The van der Waals surface area contributed by atoms with E-state index in [4.69, 9.17) is 22.1 Å². The number of rotatable bonds is 10. The minimum absolute atomic E-state index is 0.0179. The number of carbonyl (C=O) groups is 1. The van der Waals surface area contributed by atoms with Crippen LogP contribution in [0.5, 0.6) is 0 Å². The highest BCUT2D eigenvalue weighted by Gasteiger charge is 2.26. The van der Waals surface area contributed by atoms with Crippen molar-refractivity contribution in [2.45, 2.75) is 51.8 Å². The van der Waals surface area contributed by atoms with E-state index in [1.807, 2.05) is 52.0 Å². The predicted octanol–water partition coefficient (Wildman–Crippen LogP) is 5.87. The van der Waals surface area contributed by atoms with Crippen LogP contribution in [-0.4, -0.2) is 37.8 Å². The van der Waals surface area contributed by atoms with E-state index in [2.05, 4.69) is 16.4 Å². The summed E-state index contributed by atoms with van der Waals surface area (Å²) in [6.45, 7) is 9.49. The van der Waals surface area contributed by atoms with Gasteiger partial charge in [0.15, 0.2) is 9.84 Å². The molecule has 0 aliphatic heterocycles. The van der Waals surface area contributed by atoms with Gasteiger partial charge in [-0.05, 0) is 59.2 Å². The van der Waals surface area contributed by atoms with Gasteiger partial charge >= 0.3 is 5.97 Å². The molecule has 36 heavy (non-hydrogen) atoms. The first-order valence-electron chi connectivity index (χ1n) is 11.7. The van der Waals surface area contributed by atoms with E-state index < -0.39 is 27.3 Å². The Morgan fingerprint density at radius 1 is 1.14 bits per heavy atom. The SMILES string of the molecule is CC(C)CS(=O)(=O)Cc1ccc(-c2cc(-c3ccnc(C(C)(C)COC(=O)[C@H](C)N)c3)cs2)c(Cl)c1. The Labute approximate surface area is 222 Å². The molecule has 0 aliphatic carbocycles. The van der Waals surface area contributed by atoms with E-state index in [0.717, 1.165) is 27.3 Å². The van der Waals surface area contributed by atoms with Crippen molar-refractivity contribution in [1.82, 2.24) is 4.98 Å². The Balaban J connectivity index is 1.80. The molecule has 2 aromatic heterocycles. The lowest BCUT2D eigenvalue weighted by Crippen LogP contribution is -2.34. The molecule has 194 valence electrons. The third-order valence-electron chi connectivity index (χ3n) is 5.61. The van der Waals surface area contributed by atoms with Gasteiger partial charge in [0.25, 0.3) is 0 Å². The van der Waals surface area contributed by atoms with Gasteiger partial charge < -0.3 is 10.5 Å². The normalized spacial score (nSPS) is 13.1. The molecule has 2 heterocycles. The van der Waals surface area contributed by atoms with Crippen LogP contribution in [0.2, 0.25) is 5.02 Å². The molecular formula is C27H33ClN2O4S2. The molecule has 0 spiro atoms. The van der Waals surface area contributed by atoms with Crippen LogP contribution < -0.4 is 5.73 Å². The molecule has 3 aromatic rings. The van der Waals surface area contributed by atoms with Crippen LogP contribution in [0.25, 0.3) is 21.6 Å². The van der Waals surface area contributed by atoms with Crippen molar-refractivity contribution in [3.8, 4) is 21.6 Å². The van der Waals surface area contributed by atoms with Crippen molar-refractivity contribution in [2.75, 3.05) is 12.4 Å². The van der Waals surface area contributed by atoms with Crippen molar-refractivity contribution in [3.63, 3.8) is 0 Å². The summed E-state index contributed by atoms with van der Waals surface area (Å²) in [4.78, 5) is 17.3. The first kappa shape index (κ1) is 28.3. The van der Waals surface area contributed by atoms with Crippen LogP contribution in [0, 0.1) is 5.92 Å². The van der Waals surface area contributed by atoms with Gasteiger partial charge in [0.05, 0.1) is 11.5 Å². The van der Waals surface area contributed by atoms with Crippen LogP contribution in [0.15, 0.2) is 48.0 Å². The monoisotopic (exact) mass is 548 g/mol. The fraction of sp³-hybridized carbons (Fsp3) is 0.407. The quantitative estimate of drug-likeness (QED) is 0.318. The topological polar surface area (TPSA) is 99.4 Å². The molecule has 1 atom stereocenters. The van der Waals surface area contributed by atoms with Crippen LogP contribution >= 0.6 is 22.9 Å². The van der Waals surface area contributed by atoms with E-state index in [-0.39, 0.29) is 24.0 Å². The average Bonchev–Trinajstić information content (AvgIpc) is 3.26. The highest BCUT2D eigenvalue weighted by atomic mass is 35.5. The van der Waals surface area contributed by atoms with Crippen molar-refractivity contribution in [3.05, 3.63) is 64.3 Å². The van der Waals surface area contributed by atoms with Gasteiger partial charge in [-0.2, -0.15) is 0 Å². The molecule has 0 aliphatic rings. The maximum atomic E-state index is 12.4. The molecule has 0 bridgehead atoms. The Hall–Kier alpha value is -2.26. The van der Waals surface area contributed by atoms with Gasteiger partial charge in [0.2, 0.25) is 0 Å². The number of benzene rings is 1.